The number of ether oxygens (including phenoxy) is 1. The molecule has 3 aromatic rings. The number of para-hydroxylation sites is 1. The molecule has 1 fully saturated rings. The maximum Gasteiger partial charge on any atom is 0.293 e. The predicted molar refractivity (Wildman–Crippen MR) is 109 cm³/mol. The predicted octanol–water partition coefficient (Wildman–Crippen LogP) is 1.66. The van der Waals surface area contributed by atoms with E-state index in [1.807, 2.05) is 37.3 Å². The highest BCUT2D eigenvalue weighted by molar-refractivity contribution is 5.93. The van der Waals surface area contributed by atoms with Crippen LogP contribution in [-0.4, -0.2) is 74.1 Å². The zero-order valence-electron chi connectivity index (χ0n) is 16.8. The molecule has 9 nitrogen and oxygen atoms in total. The lowest BCUT2D eigenvalue weighted by molar-refractivity contribution is 0.0404. The molecule has 0 saturated carbocycles. The van der Waals surface area contributed by atoms with Crippen LogP contribution in [0.1, 0.15) is 28.0 Å². The first kappa shape index (κ1) is 19.6. The Bertz CT molecular complexity index is 1050. The van der Waals surface area contributed by atoms with Crippen molar-refractivity contribution in [3.8, 4) is 11.6 Å². The molecule has 0 spiro atoms. The highest BCUT2D eigenvalue weighted by Crippen LogP contribution is 2.16. The first-order chi connectivity index (χ1) is 14.6. The van der Waals surface area contributed by atoms with E-state index in [2.05, 4.69) is 15.1 Å². The van der Waals surface area contributed by atoms with Gasteiger partial charge in [-0.1, -0.05) is 24.3 Å². The third-order valence-corrected chi connectivity index (χ3v) is 5.03. The number of methoxy groups -OCH3 is 1. The van der Waals surface area contributed by atoms with E-state index in [1.165, 1.54) is 13.4 Å². The van der Waals surface area contributed by atoms with Crippen LogP contribution in [0.4, 0.5) is 0 Å². The number of amides is 2. The van der Waals surface area contributed by atoms with Crippen LogP contribution < -0.4 is 4.74 Å². The summed E-state index contributed by atoms with van der Waals surface area (Å²) in [7, 11) is 1.51. The van der Waals surface area contributed by atoms with Gasteiger partial charge < -0.3 is 14.5 Å². The molecule has 3 heterocycles. The minimum absolute atomic E-state index is 0.139. The number of hydrogen-bond donors (Lipinski definition) is 0. The maximum atomic E-state index is 12.9. The second-order valence-corrected chi connectivity index (χ2v) is 7.01. The van der Waals surface area contributed by atoms with Crippen molar-refractivity contribution in [3.05, 3.63) is 66.4 Å². The maximum absolute atomic E-state index is 12.9. The molecule has 0 radical (unpaired) electrons. The summed E-state index contributed by atoms with van der Waals surface area (Å²) in [5, 5.41) is 4.32. The Labute approximate surface area is 173 Å². The lowest BCUT2D eigenvalue weighted by atomic mass is 10.1. The summed E-state index contributed by atoms with van der Waals surface area (Å²) in [6, 6.07) is 14.4. The summed E-state index contributed by atoms with van der Waals surface area (Å²) in [5.41, 5.74) is 1.16. The van der Waals surface area contributed by atoms with Gasteiger partial charge in [0.1, 0.15) is 12.0 Å². The molecule has 1 unspecified atom stereocenters. The molecule has 1 saturated heterocycles. The molecule has 1 aromatic carbocycles. The van der Waals surface area contributed by atoms with Gasteiger partial charge in [-0.05, 0) is 25.1 Å². The molecule has 154 valence electrons. The van der Waals surface area contributed by atoms with Crippen LogP contribution in [0.2, 0.25) is 0 Å². The summed E-state index contributed by atoms with van der Waals surface area (Å²) >= 11 is 0. The highest BCUT2D eigenvalue weighted by Gasteiger charge is 2.32. The van der Waals surface area contributed by atoms with Gasteiger partial charge in [-0.2, -0.15) is 0 Å². The average molecular weight is 406 g/mol. The van der Waals surface area contributed by atoms with Gasteiger partial charge >= 0.3 is 0 Å². The topological polar surface area (TPSA) is 93.5 Å². The van der Waals surface area contributed by atoms with E-state index >= 15 is 0 Å². The zero-order chi connectivity index (χ0) is 21.1. The molecule has 9 heteroatoms. The standard InChI is InChI=1S/C21H22N6O3/c1-15-13-25(20(28)17-9-6-10-18(23-17)30-2)11-12-26(15)21(29)19-22-14-27(24-19)16-7-4-3-5-8-16/h3-10,14-15H,11-13H2,1-2H3. The molecule has 2 aromatic heterocycles. The van der Waals surface area contributed by atoms with Gasteiger partial charge in [0.15, 0.2) is 0 Å². The number of pyridine rings is 1. The van der Waals surface area contributed by atoms with E-state index in [4.69, 9.17) is 4.74 Å². The Balaban J connectivity index is 1.43. The van der Waals surface area contributed by atoms with E-state index in [0.717, 1.165) is 5.69 Å². The summed E-state index contributed by atoms with van der Waals surface area (Å²) in [6.07, 6.45) is 1.53. The third-order valence-electron chi connectivity index (χ3n) is 5.03. The fourth-order valence-corrected chi connectivity index (χ4v) is 3.45. The van der Waals surface area contributed by atoms with Crippen molar-refractivity contribution in [2.45, 2.75) is 13.0 Å². The van der Waals surface area contributed by atoms with E-state index in [9.17, 15) is 9.59 Å². The van der Waals surface area contributed by atoms with Crippen LogP contribution in [0.15, 0.2) is 54.9 Å². The van der Waals surface area contributed by atoms with Crippen molar-refractivity contribution in [3.63, 3.8) is 0 Å². The van der Waals surface area contributed by atoms with E-state index in [1.54, 1.807) is 32.7 Å². The summed E-state index contributed by atoms with van der Waals surface area (Å²) in [5.74, 6) is 0.103. The average Bonchev–Trinajstić information content (AvgIpc) is 3.29. The fraction of sp³-hybridized carbons (Fsp3) is 0.286. The monoisotopic (exact) mass is 406 g/mol. The molecule has 2 amide bonds. The quantitative estimate of drug-likeness (QED) is 0.654. The Hall–Kier alpha value is -3.75. The number of nitrogens with zero attached hydrogens (tertiary/aromatic N) is 6. The normalized spacial score (nSPS) is 16.4. The molecular formula is C21H22N6O3. The Morgan fingerprint density at radius 2 is 1.83 bits per heavy atom. The number of carbonyl (C=O) groups excluding carboxylic acids is 2. The first-order valence-corrected chi connectivity index (χ1v) is 9.65. The fourth-order valence-electron chi connectivity index (χ4n) is 3.45. The summed E-state index contributed by atoms with van der Waals surface area (Å²) in [4.78, 5) is 37.5. The van der Waals surface area contributed by atoms with E-state index < -0.39 is 0 Å². The van der Waals surface area contributed by atoms with Gasteiger partial charge in [0, 0.05) is 31.7 Å². The summed E-state index contributed by atoms with van der Waals surface area (Å²) in [6.45, 7) is 3.12. The van der Waals surface area contributed by atoms with Crippen LogP contribution in [0.5, 0.6) is 5.88 Å². The van der Waals surface area contributed by atoms with Gasteiger partial charge in [0.2, 0.25) is 11.7 Å². The Morgan fingerprint density at radius 1 is 1.03 bits per heavy atom. The molecule has 1 aliphatic heterocycles. The van der Waals surface area contributed by atoms with Crippen molar-refractivity contribution < 1.29 is 14.3 Å². The van der Waals surface area contributed by atoms with Gasteiger partial charge in [0.25, 0.3) is 11.8 Å². The van der Waals surface area contributed by atoms with Crippen LogP contribution in [0, 0.1) is 0 Å². The number of piperazine rings is 1. The second kappa shape index (κ2) is 8.32. The number of aromatic nitrogens is 4. The molecule has 0 aliphatic carbocycles. The van der Waals surface area contributed by atoms with Crippen LogP contribution >= 0.6 is 0 Å². The third kappa shape index (κ3) is 3.86. The number of carbonyl (C=O) groups is 2. The van der Waals surface area contributed by atoms with Gasteiger partial charge in [0.05, 0.1) is 12.8 Å². The van der Waals surface area contributed by atoms with Gasteiger partial charge in [-0.15, -0.1) is 5.10 Å². The highest BCUT2D eigenvalue weighted by atomic mass is 16.5. The number of hydrogen-bond acceptors (Lipinski definition) is 6. The van der Waals surface area contributed by atoms with Crippen LogP contribution in [0.25, 0.3) is 5.69 Å². The number of benzene rings is 1. The van der Waals surface area contributed by atoms with Crippen molar-refractivity contribution >= 4 is 11.8 Å². The van der Waals surface area contributed by atoms with Crippen LogP contribution in [-0.2, 0) is 0 Å². The molecule has 0 N–H and O–H groups in total. The molecular weight excluding hydrogens is 384 g/mol. The summed E-state index contributed by atoms with van der Waals surface area (Å²) < 4.78 is 6.67. The second-order valence-electron chi connectivity index (χ2n) is 7.01. The largest absolute Gasteiger partial charge is 0.481 e. The number of rotatable bonds is 4. The SMILES string of the molecule is COc1cccc(C(=O)N2CCN(C(=O)c3ncn(-c4ccccc4)n3)C(C)C2)n1. The van der Waals surface area contributed by atoms with Crippen molar-refractivity contribution in [2.24, 2.45) is 0 Å². The molecule has 1 aliphatic rings. The first-order valence-electron chi connectivity index (χ1n) is 9.65. The smallest absolute Gasteiger partial charge is 0.293 e. The molecule has 30 heavy (non-hydrogen) atoms. The Kier molecular flexibility index (Phi) is 5.42. The van der Waals surface area contributed by atoms with Gasteiger partial charge in [-0.3, -0.25) is 9.59 Å². The van der Waals surface area contributed by atoms with E-state index in [0.29, 0.717) is 31.2 Å². The minimum atomic E-state index is -0.246. The van der Waals surface area contributed by atoms with Crippen LogP contribution in [0.3, 0.4) is 0 Å². The molecule has 4 rings (SSSR count). The Morgan fingerprint density at radius 3 is 2.57 bits per heavy atom. The zero-order valence-corrected chi connectivity index (χ0v) is 16.8. The van der Waals surface area contributed by atoms with Crippen molar-refractivity contribution in [2.75, 3.05) is 26.7 Å². The van der Waals surface area contributed by atoms with E-state index in [-0.39, 0.29) is 23.7 Å². The minimum Gasteiger partial charge on any atom is -0.481 e. The van der Waals surface area contributed by atoms with Gasteiger partial charge in [-0.25, -0.2) is 14.6 Å². The lowest BCUT2D eigenvalue weighted by Gasteiger charge is -2.39. The van der Waals surface area contributed by atoms with Crippen molar-refractivity contribution in [1.29, 1.82) is 0 Å². The lowest BCUT2D eigenvalue weighted by Crippen LogP contribution is -2.55. The van der Waals surface area contributed by atoms with Crippen molar-refractivity contribution in [1.82, 2.24) is 29.5 Å². The molecule has 0 bridgehead atoms. The molecule has 1 atom stereocenters.